The minimum atomic E-state index is -0.511. The van der Waals surface area contributed by atoms with Crippen LogP contribution in [0.25, 0.3) is 22.3 Å². The standard InChI is InChI=1S/C33H32O6/c1-7-30(34)38-28-15-13-24(25-14-16-29(32(25)28)39-31(35)8-2)27-18-20(5)26(17-21(27)6)22-9-11-23(12-10-22)37-33(36)19(3)4/h8-13,15,17-18,29H,2-3,7,14,16H2,1,4-6H3. The van der Waals surface area contributed by atoms with Crippen molar-refractivity contribution < 1.29 is 28.6 Å². The molecule has 0 N–H and O–H groups in total. The lowest BCUT2D eigenvalue weighted by molar-refractivity contribution is -0.143. The summed E-state index contributed by atoms with van der Waals surface area (Å²) in [6, 6.07) is 15.4. The first-order chi connectivity index (χ1) is 18.6. The lowest BCUT2D eigenvalue weighted by Gasteiger charge is -2.19. The second-order valence-electron chi connectivity index (χ2n) is 9.68. The van der Waals surface area contributed by atoms with Gasteiger partial charge in [0, 0.05) is 23.6 Å². The van der Waals surface area contributed by atoms with Crippen LogP contribution >= 0.6 is 0 Å². The molecule has 0 aliphatic heterocycles. The Hall–Kier alpha value is -4.45. The van der Waals surface area contributed by atoms with Crippen molar-refractivity contribution in [3.63, 3.8) is 0 Å². The highest BCUT2D eigenvalue weighted by Gasteiger charge is 2.32. The summed E-state index contributed by atoms with van der Waals surface area (Å²) >= 11 is 0. The number of benzene rings is 3. The zero-order valence-corrected chi connectivity index (χ0v) is 22.8. The molecule has 0 aromatic heterocycles. The predicted octanol–water partition coefficient (Wildman–Crippen LogP) is 7.15. The third-order valence-electron chi connectivity index (χ3n) is 6.82. The van der Waals surface area contributed by atoms with Gasteiger partial charge in [0.2, 0.25) is 0 Å². The summed E-state index contributed by atoms with van der Waals surface area (Å²) in [6.07, 6.45) is 2.15. The molecule has 0 heterocycles. The van der Waals surface area contributed by atoms with Crippen molar-refractivity contribution in [3.8, 4) is 33.8 Å². The van der Waals surface area contributed by atoms with Gasteiger partial charge in [-0.05, 0) is 90.8 Å². The Balaban J connectivity index is 1.72. The highest BCUT2D eigenvalue weighted by atomic mass is 16.6. The van der Waals surface area contributed by atoms with Crippen molar-refractivity contribution in [2.24, 2.45) is 0 Å². The van der Waals surface area contributed by atoms with Crippen molar-refractivity contribution in [1.82, 2.24) is 0 Å². The molecule has 0 saturated carbocycles. The quantitative estimate of drug-likeness (QED) is 0.177. The van der Waals surface area contributed by atoms with Crippen LogP contribution in [0.5, 0.6) is 11.5 Å². The van der Waals surface area contributed by atoms with Crippen LogP contribution in [0.1, 0.15) is 55.0 Å². The Morgan fingerprint density at radius 2 is 1.62 bits per heavy atom. The molecule has 0 fully saturated rings. The number of rotatable bonds is 8. The second-order valence-corrected chi connectivity index (χ2v) is 9.68. The Kier molecular flexibility index (Phi) is 8.15. The van der Waals surface area contributed by atoms with E-state index in [0.717, 1.165) is 50.6 Å². The summed E-state index contributed by atoms with van der Waals surface area (Å²) in [5.74, 6) is -0.420. The molecule has 1 aliphatic rings. The van der Waals surface area contributed by atoms with Crippen LogP contribution in [0.3, 0.4) is 0 Å². The maximum atomic E-state index is 12.1. The molecule has 0 spiro atoms. The van der Waals surface area contributed by atoms with E-state index in [1.54, 1.807) is 32.0 Å². The van der Waals surface area contributed by atoms with Crippen molar-refractivity contribution in [3.05, 3.63) is 95.6 Å². The van der Waals surface area contributed by atoms with Gasteiger partial charge >= 0.3 is 17.9 Å². The fraction of sp³-hybridized carbons (Fsp3) is 0.242. The highest BCUT2D eigenvalue weighted by molar-refractivity contribution is 5.89. The number of hydrogen-bond acceptors (Lipinski definition) is 6. The summed E-state index contributed by atoms with van der Waals surface area (Å²) in [7, 11) is 0. The van der Waals surface area contributed by atoms with E-state index in [0.29, 0.717) is 29.9 Å². The molecule has 0 bridgehead atoms. The monoisotopic (exact) mass is 524 g/mol. The maximum absolute atomic E-state index is 12.1. The van der Waals surface area contributed by atoms with Gasteiger partial charge in [-0.25, -0.2) is 9.59 Å². The molecule has 6 heteroatoms. The molecule has 0 saturated heterocycles. The van der Waals surface area contributed by atoms with E-state index in [4.69, 9.17) is 14.2 Å². The van der Waals surface area contributed by atoms with Gasteiger partial charge in [0.1, 0.15) is 17.6 Å². The van der Waals surface area contributed by atoms with Crippen molar-refractivity contribution in [2.45, 2.75) is 53.1 Å². The average Bonchev–Trinajstić information content (AvgIpc) is 3.34. The normalized spacial score (nSPS) is 13.8. The molecular formula is C33H32O6. The zero-order valence-electron chi connectivity index (χ0n) is 22.8. The van der Waals surface area contributed by atoms with Gasteiger partial charge in [0.05, 0.1) is 0 Å². The second kappa shape index (κ2) is 11.5. The predicted molar refractivity (Wildman–Crippen MR) is 151 cm³/mol. The fourth-order valence-electron chi connectivity index (χ4n) is 4.84. The Morgan fingerprint density at radius 1 is 0.949 bits per heavy atom. The van der Waals surface area contributed by atoms with Gasteiger partial charge in [-0.2, -0.15) is 0 Å². The van der Waals surface area contributed by atoms with Crippen LogP contribution < -0.4 is 9.47 Å². The summed E-state index contributed by atoms with van der Waals surface area (Å²) < 4.78 is 16.6. The number of carbonyl (C=O) groups is 3. The van der Waals surface area contributed by atoms with E-state index < -0.39 is 18.0 Å². The smallest absolute Gasteiger partial charge is 0.338 e. The van der Waals surface area contributed by atoms with Gasteiger partial charge in [0.15, 0.2) is 0 Å². The molecule has 4 rings (SSSR count). The molecule has 200 valence electrons. The number of carbonyl (C=O) groups excluding carboxylic acids is 3. The van der Waals surface area contributed by atoms with Crippen molar-refractivity contribution >= 4 is 17.9 Å². The van der Waals surface area contributed by atoms with Gasteiger partial charge in [-0.1, -0.05) is 50.4 Å². The third-order valence-corrected chi connectivity index (χ3v) is 6.82. The maximum Gasteiger partial charge on any atom is 0.338 e. The van der Waals surface area contributed by atoms with Gasteiger partial charge in [0.25, 0.3) is 0 Å². The third kappa shape index (κ3) is 5.85. The van der Waals surface area contributed by atoms with E-state index in [1.807, 2.05) is 18.2 Å². The number of fused-ring (bicyclic) bond motifs is 1. The van der Waals surface area contributed by atoms with Gasteiger partial charge in [-0.3, -0.25) is 4.79 Å². The summed E-state index contributed by atoms with van der Waals surface area (Å²) in [4.78, 5) is 36.0. The fourth-order valence-corrected chi connectivity index (χ4v) is 4.84. The van der Waals surface area contributed by atoms with Crippen LogP contribution in [0.4, 0.5) is 0 Å². The molecule has 6 nitrogen and oxygen atoms in total. The first-order valence-electron chi connectivity index (χ1n) is 12.9. The van der Waals surface area contributed by atoms with E-state index in [-0.39, 0.29) is 12.4 Å². The van der Waals surface area contributed by atoms with Gasteiger partial charge < -0.3 is 14.2 Å². The van der Waals surface area contributed by atoms with Gasteiger partial charge in [-0.15, -0.1) is 0 Å². The summed E-state index contributed by atoms with van der Waals surface area (Å²) in [5.41, 5.74) is 8.39. The van der Waals surface area contributed by atoms with Crippen LogP contribution in [-0.4, -0.2) is 17.9 Å². The summed E-state index contributed by atoms with van der Waals surface area (Å²) in [5, 5.41) is 0. The molecule has 1 unspecified atom stereocenters. The highest BCUT2D eigenvalue weighted by Crippen LogP contribution is 2.46. The lowest BCUT2D eigenvalue weighted by atomic mass is 9.89. The molecule has 3 aromatic carbocycles. The molecule has 39 heavy (non-hydrogen) atoms. The number of hydrogen-bond donors (Lipinski definition) is 0. The van der Waals surface area contributed by atoms with Crippen molar-refractivity contribution in [2.75, 3.05) is 0 Å². The van der Waals surface area contributed by atoms with E-state index >= 15 is 0 Å². The number of aryl methyl sites for hydroxylation is 2. The molecule has 0 amide bonds. The van der Waals surface area contributed by atoms with E-state index in [9.17, 15) is 14.4 Å². The minimum absolute atomic E-state index is 0.241. The first kappa shape index (κ1) is 27.6. The van der Waals surface area contributed by atoms with Crippen molar-refractivity contribution in [1.29, 1.82) is 0 Å². The van der Waals surface area contributed by atoms with Crippen LogP contribution in [0.2, 0.25) is 0 Å². The summed E-state index contributed by atoms with van der Waals surface area (Å²) in [6.45, 7) is 14.6. The molecule has 1 aliphatic carbocycles. The van der Waals surface area contributed by atoms with E-state index in [2.05, 4.69) is 39.1 Å². The Labute approximate surface area is 228 Å². The number of esters is 3. The molecular weight excluding hydrogens is 492 g/mol. The zero-order chi connectivity index (χ0) is 28.3. The largest absolute Gasteiger partial charge is 0.454 e. The van der Waals surface area contributed by atoms with E-state index in [1.165, 1.54) is 0 Å². The number of ether oxygens (including phenoxy) is 3. The molecule has 1 atom stereocenters. The molecule has 0 radical (unpaired) electrons. The lowest BCUT2D eigenvalue weighted by Crippen LogP contribution is -2.11. The Morgan fingerprint density at radius 3 is 2.26 bits per heavy atom. The Bertz CT molecular complexity index is 1480. The molecule has 3 aromatic rings. The minimum Gasteiger partial charge on any atom is -0.454 e. The van der Waals surface area contributed by atoms with Crippen LogP contribution in [-0.2, 0) is 25.5 Å². The SMILES string of the molecule is C=CC(=O)OC1CCc2c(-c3cc(C)c(-c4ccc(OC(=O)C(=C)C)cc4)cc3C)ccc(OC(=O)CC)c21. The first-order valence-corrected chi connectivity index (χ1v) is 12.9. The average molecular weight is 525 g/mol. The van der Waals surface area contributed by atoms with Crippen LogP contribution in [0, 0.1) is 13.8 Å². The topological polar surface area (TPSA) is 78.9 Å². The van der Waals surface area contributed by atoms with Crippen LogP contribution in [0.15, 0.2) is 73.3 Å².